The van der Waals surface area contributed by atoms with Crippen LogP contribution in [-0.4, -0.2) is 10.9 Å². The van der Waals surface area contributed by atoms with Crippen molar-refractivity contribution in [3.05, 3.63) is 65.7 Å². The first-order valence-electron chi connectivity index (χ1n) is 5.16. The molecule has 0 aliphatic heterocycles. The van der Waals surface area contributed by atoms with E-state index in [0.717, 1.165) is 5.56 Å². The summed E-state index contributed by atoms with van der Waals surface area (Å²) in [7, 11) is 0. The van der Waals surface area contributed by atoms with Gasteiger partial charge in [0.15, 0.2) is 0 Å². The van der Waals surface area contributed by atoms with Gasteiger partial charge in [-0.05, 0) is 42.3 Å². The fraction of sp³-hybridized carbons (Fsp3) is 0. The molecule has 2 rings (SSSR count). The van der Waals surface area contributed by atoms with Gasteiger partial charge >= 0.3 is 0 Å². The van der Waals surface area contributed by atoms with E-state index in [1.54, 1.807) is 12.1 Å². The van der Waals surface area contributed by atoms with E-state index >= 15 is 0 Å². The summed E-state index contributed by atoms with van der Waals surface area (Å²) in [6.07, 6.45) is 0. The normalized spacial score (nSPS) is 9.18. The van der Waals surface area contributed by atoms with Crippen LogP contribution in [-0.2, 0) is 0 Å². The number of phenolic OH excluding ortho intramolecular Hbond substituents is 1. The van der Waals surface area contributed by atoms with Crippen LogP contribution in [0.5, 0.6) is 5.75 Å². The Morgan fingerprint density at radius 3 is 2.24 bits per heavy atom. The summed E-state index contributed by atoms with van der Waals surface area (Å²) in [5, 5.41) is 9.10. The van der Waals surface area contributed by atoms with Crippen molar-refractivity contribution in [1.29, 1.82) is 0 Å². The molecule has 0 saturated heterocycles. The zero-order chi connectivity index (χ0) is 12.1. The van der Waals surface area contributed by atoms with Gasteiger partial charge in [-0.25, -0.2) is 0 Å². The van der Waals surface area contributed by atoms with Crippen molar-refractivity contribution >= 4 is 5.78 Å². The maximum atomic E-state index is 11.7. The molecule has 82 valence electrons. The van der Waals surface area contributed by atoms with Gasteiger partial charge in [-0.1, -0.05) is 24.1 Å². The number of ketones is 1. The molecule has 0 fully saturated rings. The second kappa shape index (κ2) is 5.00. The largest absolute Gasteiger partial charge is 0.508 e. The highest BCUT2D eigenvalue weighted by molar-refractivity contribution is 6.09. The molecular weight excluding hydrogens is 212 g/mol. The van der Waals surface area contributed by atoms with E-state index < -0.39 is 0 Å². The smallest absolute Gasteiger partial charge is 0.236 e. The minimum atomic E-state index is -0.256. The monoisotopic (exact) mass is 222 g/mol. The molecule has 0 amide bonds. The molecule has 0 spiro atoms. The molecule has 2 heteroatoms. The van der Waals surface area contributed by atoms with Crippen molar-refractivity contribution in [2.75, 3.05) is 0 Å². The molecule has 2 nitrogen and oxygen atoms in total. The van der Waals surface area contributed by atoms with Crippen LogP contribution in [0.25, 0.3) is 0 Å². The van der Waals surface area contributed by atoms with E-state index in [4.69, 9.17) is 5.11 Å². The Bertz CT molecular complexity index is 572. The van der Waals surface area contributed by atoms with Crippen molar-refractivity contribution in [3.8, 4) is 17.6 Å². The minimum Gasteiger partial charge on any atom is -0.508 e. The third kappa shape index (κ3) is 2.96. The molecule has 0 atom stereocenters. The third-order valence-corrected chi connectivity index (χ3v) is 2.22. The van der Waals surface area contributed by atoms with Crippen LogP contribution >= 0.6 is 0 Å². The summed E-state index contributed by atoms with van der Waals surface area (Å²) in [6.45, 7) is 0. The Morgan fingerprint density at radius 1 is 0.941 bits per heavy atom. The third-order valence-electron chi connectivity index (χ3n) is 2.22. The molecule has 2 aromatic rings. The van der Waals surface area contributed by atoms with Crippen LogP contribution in [0.15, 0.2) is 54.6 Å². The lowest BCUT2D eigenvalue weighted by Gasteiger charge is -1.93. The Kier molecular flexibility index (Phi) is 3.23. The molecule has 0 aromatic heterocycles. The first-order valence-corrected chi connectivity index (χ1v) is 5.16. The second-order valence-electron chi connectivity index (χ2n) is 3.49. The number of Topliss-reactive ketones (excluding diaryl/α,β-unsaturated/α-hetero) is 1. The molecule has 0 aliphatic rings. The first kappa shape index (κ1) is 11.0. The molecule has 17 heavy (non-hydrogen) atoms. The highest BCUT2D eigenvalue weighted by Gasteiger charge is 2.00. The van der Waals surface area contributed by atoms with E-state index in [2.05, 4.69) is 11.8 Å². The molecule has 2 aromatic carbocycles. The Balaban J connectivity index is 2.18. The van der Waals surface area contributed by atoms with Gasteiger partial charge in [-0.3, -0.25) is 4.79 Å². The molecule has 0 unspecified atom stereocenters. The predicted molar refractivity (Wildman–Crippen MR) is 65.8 cm³/mol. The lowest BCUT2D eigenvalue weighted by atomic mass is 10.1. The maximum absolute atomic E-state index is 11.7. The quantitative estimate of drug-likeness (QED) is 0.595. The standard InChI is InChI=1S/C15H10O2/c16-14-9-7-13(8-10-14)15(17)11-6-12-4-2-1-3-5-12/h1-5,7-10,16H. The zero-order valence-electron chi connectivity index (χ0n) is 9.05. The van der Waals surface area contributed by atoms with Crippen LogP contribution in [0.4, 0.5) is 0 Å². The molecular formula is C15H10O2. The average Bonchev–Trinajstić information content (AvgIpc) is 2.38. The van der Waals surface area contributed by atoms with Crippen LogP contribution in [0, 0.1) is 11.8 Å². The van der Waals surface area contributed by atoms with Crippen LogP contribution in [0.2, 0.25) is 0 Å². The van der Waals surface area contributed by atoms with Gasteiger partial charge in [0.2, 0.25) is 5.78 Å². The van der Waals surface area contributed by atoms with E-state index in [1.807, 2.05) is 30.3 Å². The van der Waals surface area contributed by atoms with Crippen LogP contribution < -0.4 is 0 Å². The summed E-state index contributed by atoms with van der Waals surface area (Å²) in [5.74, 6) is 5.24. The van der Waals surface area contributed by atoms with Crippen LogP contribution in [0.3, 0.4) is 0 Å². The first-order chi connectivity index (χ1) is 8.25. The number of phenols is 1. The second-order valence-corrected chi connectivity index (χ2v) is 3.49. The summed E-state index contributed by atoms with van der Waals surface area (Å²) < 4.78 is 0. The zero-order valence-corrected chi connectivity index (χ0v) is 9.05. The lowest BCUT2D eigenvalue weighted by molar-refractivity contribution is 0.105. The molecule has 0 bridgehead atoms. The van der Waals surface area contributed by atoms with E-state index in [1.165, 1.54) is 12.1 Å². The van der Waals surface area contributed by atoms with Crippen molar-refractivity contribution in [3.63, 3.8) is 0 Å². The van der Waals surface area contributed by atoms with Gasteiger partial charge in [-0.15, -0.1) is 0 Å². The Morgan fingerprint density at radius 2 is 1.59 bits per heavy atom. The van der Waals surface area contributed by atoms with Gasteiger partial charge in [0, 0.05) is 11.1 Å². The summed E-state index contributed by atoms with van der Waals surface area (Å²) >= 11 is 0. The highest BCUT2D eigenvalue weighted by Crippen LogP contribution is 2.09. The average molecular weight is 222 g/mol. The SMILES string of the molecule is O=C(C#Cc1ccccc1)c1ccc(O)cc1. The number of hydrogen-bond acceptors (Lipinski definition) is 2. The summed E-state index contributed by atoms with van der Waals surface area (Å²) in [5.41, 5.74) is 1.28. The Labute approximate surface area is 99.5 Å². The minimum absolute atomic E-state index is 0.137. The number of hydrogen-bond donors (Lipinski definition) is 1. The molecule has 1 N–H and O–H groups in total. The van der Waals surface area contributed by atoms with Crippen molar-refractivity contribution in [1.82, 2.24) is 0 Å². The fourth-order valence-corrected chi connectivity index (χ4v) is 1.34. The van der Waals surface area contributed by atoms with Gasteiger partial charge in [0.05, 0.1) is 0 Å². The molecule has 0 aliphatic carbocycles. The van der Waals surface area contributed by atoms with Gasteiger partial charge < -0.3 is 5.11 Å². The van der Waals surface area contributed by atoms with Crippen LogP contribution in [0.1, 0.15) is 15.9 Å². The van der Waals surface area contributed by atoms with Gasteiger partial charge in [0.1, 0.15) is 5.75 Å². The number of carbonyl (C=O) groups excluding carboxylic acids is 1. The van der Waals surface area contributed by atoms with E-state index in [9.17, 15) is 4.79 Å². The lowest BCUT2D eigenvalue weighted by Crippen LogP contribution is -1.93. The maximum Gasteiger partial charge on any atom is 0.236 e. The summed E-state index contributed by atoms with van der Waals surface area (Å²) in [4.78, 5) is 11.7. The molecule has 0 saturated carbocycles. The number of carbonyl (C=O) groups is 1. The molecule has 0 radical (unpaired) electrons. The van der Waals surface area contributed by atoms with Gasteiger partial charge in [-0.2, -0.15) is 0 Å². The van der Waals surface area contributed by atoms with Crippen molar-refractivity contribution < 1.29 is 9.90 Å². The topological polar surface area (TPSA) is 37.3 Å². The highest BCUT2D eigenvalue weighted by atomic mass is 16.3. The number of aromatic hydroxyl groups is 1. The van der Waals surface area contributed by atoms with Crippen molar-refractivity contribution in [2.45, 2.75) is 0 Å². The van der Waals surface area contributed by atoms with E-state index in [-0.39, 0.29) is 11.5 Å². The summed E-state index contributed by atoms with van der Waals surface area (Å²) in [6, 6.07) is 15.4. The number of rotatable bonds is 1. The van der Waals surface area contributed by atoms with Gasteiger partial charge in [0.25, 0.3) is 0 Å². The number of benzene rings is 2. The van der Waals surface area contributed by atoms with Crippen molar-refractivity contribution in [2.24, 2.45) is 0 Å². The molecule has 0 heterocycles. The Hall–Kier alpha value is -2.53. The van der Waals surface area contributed by atoms with E-state index in [0.29, 0.717) is 5.56 Å². The fourth-order valence-electron chi connectivity index (χ4n) is 1.34. The predicted octanol–water partition coefficient (Wildman–Crippen LogP) is 2.63.